The molecule has 0 aliphatic carbocycles. The van der Waals surface area contributed by atoms with E-state index in [-0.39, 0.29) is 0 Å². The van der Waals surface area contributed by atoms with Crippen molar-refractivity contribution in [1.82, 2.24) is 9.71 Å². The predicted molar refractivity (Wildman–Crippen MR) is 60.8 cm³/mol. The van der Waals surface area contributed by atoms with E-state index >= 15 is 0 Å². The van der Waals surface area contributed by atoms with Gasteiger partial charge in [-0.15, -0.1) is 0 Å². The third-order valence-electron chi connectivity index (χ3n) is 2.20. The number of hydrogen-bond acceptors (Lipinski definition) is 4. The molecule has 0 spiro atoms. The van der Waals surface area contributed by atoms with Crippen LogP contribution in [0.1, 0.15) is 13.8 Å². The first-order valence-corrected chi connectivity index (χ1v) is 6.58. The summed E-state index contributed by atoms with van der Waals surface area (Å²) >= 11 is 0. The molecule has 18 heavy (non-hydrogen) atoms. The minimum absolute atomic E-state index is 0.408. The number of rotatable bonds is 5. The summed E-state index contributed by atoms with van der Waals surface area (Å²) in [5.74, 6) is -2.55. The van der Waals surface area contributed by atoms with Crippen LogP contribution in [-0.4, -0.2) is 30.5 Å². The summed E-state index contributed by atoms with van der Waals surface area (Å²) in [4.78, 5) is 13.9. The molecule has 0 aliphatic heterocycles. The molecule has 0 saturated carbocycles. The maximum Gasteiger partial charge on any atom is 0.322 e. The maximum absolute atomic E-state index is 12.9. The molecule has 1 aromatic rings. The molecule has 1 heterocycles. The number of aliphatic carboxylic acids is 1. The van der Waals surface area contributed by atoms with Gasteiger partial charge in [0.2, 0.25) is 10.0 Å². The number of sulfonamides is 1. The lowest BCUT2D eigenvalue weighted by molar-refractivity contribution is -0.140. The Balaban J connectivity index is 3.05. The SMILES string of the molecule is CC(C)[C@H](NS(=O)(=O)c1cncc(F)c1)C(=O)O. The zero-order valence-electron chi connectivity index (χ0n) is 9.79. The third-order valence-corrected chi connectivity index (χ3v) is 3.61. The van der Waals surface area contributed by atoms with Crippen molar-refractivity contribution in [2.75, 3.05) is 0 Å². The van der Waals surface area contributed by atoms with Crippen molar-refractivity contribution in [1.29, 1.82) is 0 Å². The molecule has 0 bridgehead atoms. The monoisotopic (exact) mass is 276 g/mol. The first-order chi connectivity index (χ1) is 8.24. The van der Waals surface area contributed by atoms with Crippen molar-refractivity contribution >= 4 is 16.0 Å². The summed E-state index contributed by atoms with van der Waals surface area (Å²) in [6, 6.07) is -0.507. The second-order valence-corrected chi connectivity index (χ2v) is 5.73. The Hall–Kier alpha value is -1.54. The molecule has 1 atom stereocenters. The molecule has 2 N–H and O–H groups in total. The van der Waals surface area contributed by atoms with Gasteiger partial charge in [-0.1, -0.05) is 13.8 Å². The van der Waals surface area contributed by atoms with E-state index in [0.29, 0.717) is 0 Å². The first kappa shape index (κ1) is 14.5. The Morgan fingerprint density at radius 2 is 2.06 bits per heavy atom. The standard InChI is InChI=1S/C10H13FN2O4S/c1-6(2)9(10(14)15)13-18(16,17)8-3-7(11)4-12-5-8/h3-6,9,13H,1-2H3,(H,14,15)/t9-/m0/s1. The van der Waals surface area contributed by atoms with E-state index in [9.17, 15) is 17.6 Å². The molecule has 8 heteroatoms. The molecule has 0 aliphatic rings. The van der Waals surface area contributed by atoms with Crippen LogP contribution < -0.4 is 4.72 Å². The number of nitrogens with one attached hydrogen (secondary N) is 1. The third kappa shape index (κ3) is 3.47. The van der Waals surface area contributed by atoms with Crippen LogP contribution in [0.4, 0.5) is 4.39 Å². The maximum atomic E-state index is 12.9. The lowest BCUT2D eigenvalue weighted by Crippen LogP contribution is -2.44. The number of hydrogen-bond donors (Lipinski definition) is 2. The summed E-state index contributed by atoms with van der Waals surface area (Å²) in [6.07, 6.45) is 1.81. The van der Waals surface area contributed by atoms with Crippen LogP contribution in [0.3, 0.4) is 0 Å². The van der Waals surface area contributed by atoms with Gasteiger partial charge in [0, 0.05) is 6.20 Å². The van der Waals surface area contributed by atoms with E-state index in [1.165, 1.54) is 0 Å². The Morgan fingerprint density at radius 1 is 1.44 bits per heavy atom. The smallest absolute Gasteiger partial charge is 0.322 e. The summed E-state index contributed by atoms with van der Waals surface area (Å²) in [7, 11) is -4.11. The van der Waals surface area contributed by atoms with E-state index in [2.05, 4.69) is 4.98 Å². The number of aromatic nitrogens is 1. The number of nitrogens with zero attached hydrogens (tertiary/aromatic N) is 1. The molecule has 0 amide bonds. The first-order valence-electron chi connectivity index (χ1n) is 5.09. The molecular formula is C10H13FN2O4S. The lowest BCUT2D eigenvalue weighted by atomic mass is 10.1. The van der Waals surface area contributed by atoms with Gasteiger partial charge >= 0.3 is 5.97 Å². The summed E-state index contributed by atoms with van der Waals surface area (Å²) in [6.45, 7) is 3.12. The summed E-state index contributed by atoms with van der Waals surface area (Å²) < 4.78 is 38.5. The van der Waals surface area contributed by atoms with Gasteiger partial charge in [0.05, 0.1) is 6.20 Å². The molecule has 0 unspecified atom stereocenters. The molecule has 0 aromatic carbocycles. The average Bonchev–Trinajstić information content (AvgIpc) is 2.25. The largest absolute Gasteiger partial charge is 0.480 e. The van der Waals surface area contributed by atoms with Crippen LogP contribution in [0.15, 0.2) is 23.4 Å². The van der Waals surface area contributed by atoms with Gasteiger partial charge < -0.3 is 5.11 Å². The van der Waals surface area contributed by atoms with Crippen LogP contribution >= 0.6 is 0 Å². The van der Waals surface area contributed by atoms with E-state index in [1.54, 1.807) is 13.8 Å². The van der Waals surface area contributed by atoms with Gasteiger partial charge in [-0.05, 0) is 12.0 Å². The van der Waals surface area contributed by atoms with Crippen molar-refractivity contribution < 1.29 is 22.7 Å². The van der Waals surface area contributed by atoms with Crippen molar-refractivity contribution in [3.63, 3.8) is 0 Å². The number of pyridine rings is 1. The number of carbonyl (C=O) groups is 1. The highest BCUT2D eigenvalue weighted by Gasteiger charge is 2.28. The highest BCUT2D eigenvalue weighted by atomic mass is 32.2. The predicted octanol–water partition coefficient (Wildman–Crippen LogP) is 0.608. The highest BCUT2D eigenvalue weighted by Crippen LogP contribution is 2.11. The lowest BCUT2D eigenvalue weighted by Gasteiger charge is -2.17. The Morgan fingerprint density at radius 3 is 2.50 bits per heavy atom. The molecule has 6 nitrogen and oxygen atoms in total. The van der Waals surface area contributed by atoms with Crippen LogP contribution in [0.2, 0.25) is 0 Å². The van der Waals surface area contributed by atoms with Crippen molar-refractivity contribution in [2.45, 2.75) is 24.8 Å². The van der Waals surface area contributed by atoms with Crippen molar-refractivity contribution in [3.05, 3.63) is 24.3 Å². The molecule has 0 fully saturated rings. The fourth-order valence-corrected chi connectivity index (χ4v) is 2.56. The van der Waals surface area contributed by atoms with E-state index in [1.807, 2.05) is 4.72 Å². The molecule has 1 aromatic heterocycles. The van der Waals surface area contributed by atoms with Crippen LogP contribution in [0.25, 0.3) is 0 Å². The minimum Gasteiger partial charge on any atom is -0.480 e. The zero-order chi connectivity index (χ0) is 13.9. The summed E-state index contributed by atoms with van der Waals surface area (Å²) in [5, 5.41) is 8.89. The topological polar surface area (TPSA) is 96.4 Å². The zero-order valence-corrected chi connectivity index (χ0v) is 10.6. The van der Waals surface area contributed by atoms with Gasteiger partial charge in [0.15, 0.2) is 0 Å². The van der Waals surface area contributed by atoms with Gasteiger partial charge in [-0.3, -0.25) is 9.78 Å². The molecule has 0 radical (unpaired) electrons. The van der Waals surface area contributed by atoms with Gasteiger partial charge in [-0.2, -0.15) is 4.72 Å². The Bertz CT molecular complexity index is 545. The second kappa shape index (κ2) is 5.40. The highest BCUT2D eigenvalue weighted by molar-refractivity contribution is 7.89. The van der Waals surface area contributed by atoms with Crippen LogP contribution in [0, 0.1) is 11.7 Å². The Labute approximate surface area is 104 Å². The van der Waals surface area contributed by atoms with E-state index in [0.717, 1.165) is 18.5 Å². The average molecular weight is 276 g/mol. The van der Waals surface area contributed by atoms with Gasteiger partial charge in [0.1, 0.15) is 16.8 Å². The van der Waals surface area contributed by atoms with Crippen molar-refractivity contribution in [3.8, 4) is 0 Å². The van der Waals surface area contributed by atoms with E-state index in [4.69, 9.17) is 5.11 Å². The fraction of sp³-hybridized carbons (Fsp3) is 0.400. The minimum atomic E-state index is -4.11. The second-order valence-electron chi connectivity index (χ2n) is 4.02. The van der Waals surface area contributed by atoms with Gasteiger partial charge in [-0.25, -0.2) is 12.8 Å². The Kier molecular flexibility index (Phi) is 4.36. The number of halogens is 1. The van der Waals surface area contributed by atoms with Crippen LogP contribution in [-0.2, 0) is 14.8 Å². The molecular weight excluding hydrogens is 263 g/mol. The number of carboxylic acid groups (broad SMARTS) is 1. The van der Waals surface area contributed by atoms with E-state index < -0.39 is 38.7 Å². The molecule has 0 saturated heterocycles. The molecule has 100 valence electrons. The van der Waals surface area contributed by atoms with Crippen molar-refractivity contribution in [2.24, 2.45) is 5.92 Å². The van der Waals surface area contributed by atoms with Gasteiger partial charge in [0.25, 0.3) is 0 Å². The normalized spacial score (nSPS) is 13.6. The number of carboxylic acids is 1. The summed E-state index contributed by atoms with van der Waals surface area (Å²) in [5.41, 5.74) is 0. The fourth-order valence-electron chi connectivity index (χ4n) is 1.25. The van der Waals surface area contributed by atoms with Crippen LogP contribution in [0.5, 0.6) is 0 Å². The molecule has 1 rings (SSSR count). The quantitative estimate of drug-likeness (QED) is 0.821.